The number of benzene rings is 2. The summed E-state index contributed by atoms with van der Waals surface area (Å²) < 4.78 is 33.9. The fraction of sp³-hybridized carbons (Fsp3) is 0.118. The van der Waals surface area contributed by atoms with Gasteiger partial charge in [-0.05, 0) is 48.0 Å². The first kappa shape index (κ1) is 17.7. The number of halogens is 3. The molecule has 0 heterocycles. The Morgan fingerprint density at radius 1 is 1.17 bits per heavy atom. The predicted octanol–water partition coefficient (Wildman–Crippen LogP) is 4.60. The van der Waals surface area contributed by atoms with E-state index >= 15 is 0 Å². The summed E-state index contributed by atoms with van der Waals surface area (Å²) in [5.74, 6) is -0.268. The van der Waals surface area contributed by atoms with Gasteiger partial charge in [0.25, 0.3) is 0 Å². The maximum Gasteiger partial charge on any atom is 0.387 e. The molecule has 0 bridgehead atoms. The van der Waals surface area contributed by atoms with Crippen LogP contribution >= 0.6 is 11.6 Å². The van der Waals surface area contributed by atoms with E-state index in [4.69, 9.17) is 16.3 Å². The Kier molecular flexibility index (Phi) is 6.14. The summed E-state index contributed by atoms with van der Waals surface area (Å²) in [4.78, 5) is 11.9. The molecule has 2 aromatic rings. The fourth-order valence-electron chi connectivity index (χ4n) is 1.87. The zero-order chi connectivity index (χ0) is 17.5. The van der Waals surface area contributed by atoms with Crippen molar-refractivity contribution in [3.63, 3.8) is 0 Å². The van der Waals surface area contributed by atoms with Crippen LogP contribution in [0.25, 0.3) is 6.08 Å². The minimum atomic E-state index is -2.94. The van der Waals surface area contributed by atoms with Crippen LogP contribution in [0.5, 0.6) is 11.5 Å². The van der Waals surface area contributed by atoms with Crippen molar-refractivity contribution in [2.45, 2.75) is 6.61 Å². The van der Waals surface area contributed by atoms with Gasteiger partial charge in [0.1, 0.15) is 0 Å². The number of hydrogen-bond donors (Lipinski definition) is 1. The van der Waals surface area contributed by atoms with Crippen LogP contribution in [0.1, 0.15) is 5.56 Å². The molecule has 4 nitrogen and oxygen atoms in total. The lowest BCUT2D eigenvalue weighted by Crippen LogP contribution is -2.07. The van der Waals surface area contributed by atoms with Crippen LogP contribution in [0.4, 0.5) is 14.5 Å². The first-order chi connectivity index (χ1) is 11.5. The highest BCUT2D eigenvalue weighted by molar-refractivity contribution is 6.30. The van der Waals surface area contributed by atoms with E-state index in [1.54, 1.807) is 24.3 Å². The predicted molar refractivity (Wildman–Crippen MR) is 88.7 cm³/mol. The van der Waals surface area contributed by atoms with Crippen LogP contribution in [-0.4, -0.2) is 19.6 Å². The summed E-state index contributed by atoms with van der Waals surface area (Å²) in [7, 11) is 1.34. The topological polar surface area (TPSA) is 47.6 Å². The molecule has 2 aromatic carbocycles. The molecule has 0 aliphatic carbocycles. The van der Waals surface area contributed by atoms with Crippen molar-refractivity contribution >= 4 is 29.3 Å². The summed E-state index contributed by atoms with van der Waals surface area (Å²) >= 11 is 5.77. The molecule has 7 heteroatoms. The molecule has 1 amide bonds. The zero-order valence-corrected chi connectivity index (χ0v) is 13.4. The summed E-state index contributed by atoms with van der Waals surface area (Å²) in [6.45, 7) is -2.94. The molecule has 0 fully saturated rings. The molecule has 126 valence electrons. The number of amides is 1. The quantitative estimate of drug-likeness (QED) is 0.772. The van der Waals surface area contributed by atoms with E-state index in [9.17, 15) is 13.6 Å². The molecule has 2 rings (SSSR count). The van der Waals surface area contributed by atoms with Crippen molar-refractivity contribution in [1.29, 1.82) is 0 Å². The van der Waals surface area contributed by atoms with Gasteiger partial charge in [-0.15, -0.1) is 0 Å². The largest absolute Gasteiger partial charge is 0.493 e. The molecule has 0 unspecified atom stereocenters. The van der Waals surface area contributed by atoms with Gasteiger partial charge < -0.3 is 14.8 Å². The minimum absolute atomic E-state index is 0.0738. The lowest BCUT2D eigenvalue weighted by atomic mass is 10.2. The van der Waals surface area contributed by atoms with Crippen LogP contribution in [-0.2, 0) is 4.79 Å². The van der Waals surface area contributed by atoms with Crippen molar-refractivity contribution in [2.24, 2.45) is 0 Å². The average molecular weight is 354 g/mol. The Morgan fingerprint density at radius 3 is 2.50 bits per heavy atom. The van der Waals surface area contributed by atoms with Gasteiger partial charge >= 0.3 is 6.61 Å². The fourth-order valence-corrected chi connectivity index (χ4v) is 2.00. The minimum Gasteiger partial charge on any atom is -0.493 e. The number of anilines is 1. The molecular formula is C17H14ClF2NO3. The highest BCUT2D eigenvalue weighted by Crippen LogP contribution is 2.29. The van der Waals surface area contributed by atoms with E-state index in [1.165, 1.54) is 37.5 Å². The van der Waals surface area contributed by atoms with Gasteiger partial charge in [-0.3, -0.25) is 4.79 Å². The van der Waals surface area contributed by atoms with Crippen molar-refractivity contribution in [3.05, 3.63) is 59.1 Å². The second kappa shape index (κ2) is 8.31. The van der Waals surface area contributed by atoms with Gasteiger partial charge in [0.15, 0.2) is 11.5 Å². The van der Waals surface area contributed by atoms with Gasteiger partial charge in [-0.2, -0.15) is 8.78 Å². The van der Waals surface area contributed by atoms with Crippen LogP contribution in [0.3, 0.4) is 0 Å². The number of rotatable bonds is 6. The van der Waals surface area contributed by atoms with Gasteiger partial charge in [-0.1, -0.05) is 17.7 Å². The molecule has 1 N–H and O–H groups in total. The Morgan fingerprint density at radius 2 is 1.88 bits per heavy atom. The summed E-state index contributed by atoms with van der Waals surface area (Å²) in [6, 6.07) is 11.0. The normalized spacial score (nSPS) is 10.9. The molecule has 24 heavy (non-hydrogen) atoms. The summed E-state index contributed by atoms with van der Waals surface area (Å²) in [6.07, 6.45) is 2.84. The van der Waals surface area contributed by atoms with Crippen LogP contribution < -0.4 is 14.8 Å². The lowest BCUT2D eigenvalue weighted by molar-refractivity contribution is -0.111. The smallest absolute Gasteiger partial charge is 0.387 e. The Hall–Kier alpha value is -2.60. The third kappa shape index (κ3) is 5.24. The molecule has 0 atom stereocenters. The molecule has 0 aliphatic rings. The van der Waals surface area contributed by atoms with E-state index in [-0.39, 0.29) is 17.4 Å². The van der Waals surface area contributed by atoms with Crippen molar-refractivity contribution in [1.82, 2.24) is 0 Å². The third-order valence-electron chi connectivity index (χ3n) is 2.94. The number of carbonyl (C=O) groups is 1. The van der Waals surface area contributed by atoms with Gasteiger partial charge in [0, 0.05) is 16.8 Å². The standard InChI is InChI=1S/C17H14ClF2NO3/c1-23-15-10-11(2-8-14(15)24-17(19)20)3-9-16(22)21-13-6-4-12(18)5-7-13/h2-10,17H,1H3,(H,21,22). The first-order valence-electron chi connectivity index (χ1n) is 6.85. The maximum atomic E-state index is 12.3. The Labute approximate surface area is 142 Å². The number of alkyl halides is 2. The first-order valence-corrected chi connectivity index (χ1v) is 7.23. The van der Waals surface area contributed by atoms with E-state index in [1.807, 2.05) is 0 Å². The lowest BCUT2D eigenvalue weighted by Gasteiger charge is -2.10. The highest BCUT2D eigenvalue weighted by atomic mass is 35.5. The highest BCUT2D eigenvalue weighted by Gasteiger charge is 2.10. The number of carbonyl (C=O) groups excluding carboxylic acids is 1. The van der Waals surface area contributed by atoms with Crippen molar-refractivity contribution < 1.29 is 23.0 Å². The van der Waals surface area contributed by atoms with Crippen LogP contribution in [0.15, 0.2) is 48.5 Å². The maximum absolute atomic E-state index is 12.3. The monoisotopic (exact) mass is 353 g/mol. The van der Waals surface area contributed by atoms with Gasteiger partial charge in [0.05, 0.1) is 7.11 Å². The Bertz CT molecular complexity index is 733. The van der Waals surface area contributed by atoms with Crippen LogP contribution in [0.2, 0.25) is 5.02 Å². The SMILES string of the molecule is COc1cc(C=CC(=O)Nc2ccc(Cl)cc2)ccc1OC(F)F. The molecule has 0 spiro atoms. The van der Waals surface area contributed by atoms with E-state index in [2.05, 4.69) is 10.1 Å². The van der Waals surface area contributed by atoms with Gasteiger partial charge in [-0.25, -0.2) is 0 Å². The zero-order valence-electron chi connectivity index (χ0n) is 12.6. The molecule has 0 saturated carbocycles. The molecule has 0 saturated heterocycles. The van der Waals surface area contributed by atoms with E-state index in [0.29, 0.717) is 16.3 Å². The van der Waals surface area contributed by atoms with Crippen LogP contribution in [0, 0.1) is 0 Å². The van der Waals surface area contributed by atoms with E-state index < -0.39 is 6.61 Å². The molecule has 0 aromatic heterocycles. The van der Waals surface area contributed by atoms with E-state index in [0.717, 1.165) is 0 Å². The van der Waals surface area contributed by atoms with Gasteiger partial charge in [0.2, 0.25) is 5.91 Å². The molecule has 0 aliphatic heterocycles. The van der Waals surface area contributed by atoms with Crippen molar-refractivity contribution in [3.8, 4) is 11.5 Å². The average Bonchev–Trinajstić information content (AvgIpc) is 2.55. The second-order valence-electron chi connectivity index (χ2n) is 4.62. The third-order valence-corrected chi connectivity index (χ3v) is 3.19. The number of nitrogens with one attached hydrogen (secondary N) is 1. The number of methoxy groups -OCH3 is 1. The second-order valence-corrected chi connectivity index (χ2v) is 5.05. The molecular weight excluding hydrogens is 340 g/mol. The Balaban J connectivity index is 2.05. The number of ether oxygens (including phenoxy) is 2. The number of hydrogen-bond acceptors (Lipinski definition) is 3. The molecule has 0 radical (unpaired) electrons. The summed E-state index contributed by atoms with van der Waals surface area (Å²) in [5, 5.41) is 3.24. The van der Waals surface area contributed by atoms with Crippen molar-refractivity contribution in [2.75, 3.05) is 12.4 Å². The summed E-state index contributed by atoms with van der Waals surface area (Å²) in [5.41, 5.74) is 1.20.